The summed E-state index contributed by atoms with van der Waals surface area (Å²) >= 11 is 0. The highest BCUT2D eigenvalue weighted by molar-refractivity contribution is 6.11. The van der Waals surface area contributed by atoms with Gasteiger partial charge in [0, 0.05) is 5.69 Å². The van der Waals surface area contributed by atoms with Crippen LogP contribution in [0.5, 0.6) is 0 Å². The van der Waals surface area contributed by atoms with E-state index in [0.29, 0.717) is 6.07 Å². The van der Waals surface area contributed by atoms with Crippen LogP contribution < -0.4 is 11.1 Å². The molecule has 0 spiro atoms. The Morgan fingerprint density at radius 1 is 1.08 bits per heavy atom. The Balaban J connectivity index is 2.38. The molecule has 0 aromatic heterocycles. The van der Waals surface area contributed by atoms with Crippen molar-refractivity contribution in [1.82, 2.24) is 0 Å². The van der Waals surface area contributed by atoms with Gasteiger partial charge in [0.1, 0.15) is 0 Å². The third-order valence-corrected chi connectivity index (χ3v) is 3.14. The van der Waals surface area contributed by atoms with Crippen molar-refractivity contribution in [2.45, 2.75) is 6.18 Å². The summed E-state index contributed by atoms with van der Waals surface area (Å²) in [7, 11) is 0. The average Bonchev–Trinajstić information content (AvgIpc) is 2.53. The highest BCUT2D eigenvalue weighted by atomic mass is 19.4. The molecule has 8 heteroatoms. The van der Waals surface area contributed by atoms with Crippen LogP contribution in [0.4, 0.5) is 18.9 Å². The van der Waals surface area contributed by atoms with Crippen molar-refractivity contribution >= 4 is 17.5 Å². The van der Waals surface area contributed by atoms with Crippen molar-refractivity contribution in [1.29, 1.82) is 5.26 Å². The van der Waals surface area contributed by atoms with Gasteiger partial charge in [-0.25, -0.2) is 0 Å². The first-order chi connectivity index (χ1) is 11.2. The van der Waals surface area contributed by atoms with Crippen molar-refractivity contribution in [3.05, 3.63) is 64.7 Å². The number of alkyl halides is 3. The van der Waals surface area contributed by atoms with Crippen molar-refractivity contribution in [2.75, 3.05) is 5.32 Å². The zero-order valence-corrected chi connectivity index (χ0v) is 12.0. The molecule has 0 unspecified atom stereocenters. The number of hydrogen-bond donors (Lipinski definition) is 2. The van der Waals surface area contributed by atoms with Crippen molar-refractivity contribution in [2.24, 2.45) is 5.73 Å². The summed E-state index contributed by atoms with van der Waals surface area (Å²) in [6.45, 7) is 0. The zero-order chi connectivity index (χ0) is 17.9. The van der Waals surface area contributed by atoms with Crippen LogP contribution in [-0.2, 0) is 6.18 Å². The Morgan fingerprint density at radius 3 is 2.25 bits per heavy atom. The van der Waals surface area contributed by atoms with Gasteiger partial charge in [-0.3, -0.25) is 9.59 Å². The number of nitrogens with two attached hydrogens (primary N) is 1. The van der Waals surface area contributed by atoms with Gasteiger partial charge < -0.3 is 11.1 Å². The second-order valence-corrected chi connectivity index (χ2v) is 4.73. The summed E-state index contributed by atoms with van der Waals surface area (Å²) in [5, 5.41) is 11.0. The molecular weight excluding hydrogens is 323 g/mol. The molecule has 0 aliphatic heterocycles. The number of nitriles is 1. The fourth-order valence-corrected chi connectivity index (χ4v) is 2.05. The number of nitrogens with zero attached hydrogens (tertiary/aromatic N) is 1. The summed E-state index contributed by atoms with van der Waals surface area (Å²) in [6.07, 6.45) is -4.74. The molecule has 0 saturated heterocycles. The van der Waals surface area contributed by atoms with Gasteiger partial charge in [0.2, 0.25) is 5.91 Å². The number of amides is 2. The van der Waals surface area contributed by atoms with Crippen molar-refractivity contribution in [3.8, 4) is 6.07 Å². The first kappa shape index (κ1) is 17.0. The Morgan fingerprint density at radius 2 is 1.71 bits per heavy atom. The lowest BCUT2D eigenvalue weighted by Gasteiger charge is -2.12. The first-order valence-electron chi connectivity index (χ1n) is 6.55. The van der Waals surface area contributed by atoms with Crippen LogP contribution in [0.25, 0.3) is 0 Å². The molecule has 5 nitrogen and oxygen atoms in total. The van der Waals surface area contributed by atoms with Crippen LogP contribution in [-0.4, -0.2) is 11.8 Å². The number of nitrogens with one attached hydrogen (secondary N) is 1. The number of halogens is 3. The van der Waals surface area contributed by atoms with Gasteiger partial charge in [0.15, 0.2) is 0 Å². The highest BCUT2D eigenvalue weighted by Crippen LogP contribution is 2.33. The molecule has 0 fully saturated rings. The SMILES string of the molecule is N#Cc1ccc(NC(=O)c2ccccc2C(N)=O)cc1C(F)(F)F. The molecule has 0 radical (unpaired) electrons. The topological polar surface area (TPSA) is 96.0 Å². The van der Waals surface area contributed by atoms with E-state index >= 15 is 0 Å². The van der Waals surface area contributed by atoms with Gasteiger partial charge in [-0.15, -0.1) is 0 Å². The highest BCUT2D eigenvalue weighted by Gasteiger charge is 2.34. The van der Waals surface area contributed by atoms with Crippen molar-refractivity contribution in [3.63, 3.8) is 0 Å². The van der Waals surface area contributed by atoms with E-state index in [-0.39, 0.29) is 16.8 Å². The molecule has 0 atom stereocenters. The number of benzene rings is 2. The maximum absolute atomic E-state index is 12.9. The molecule has 24 heavy (non-hydrogen) atoms. The van der Waals surface area contributed by atoms with Crippen molar-refractivity contribution < 1.29 is 22.8 Å². The molecule has 0 aliphatic rings. The van der Waals surface area contributed by atoms with Crippen LogP contribution in [0.1, 0.15) is 31.8 Å². The quantitative estimate of drug-likeness (QED) is 0.904. The fourth-order valence-electron chi connectivity index (χ4n) is 2.05. The molecule has 2 amide bonds. The smallest absolute Gasteiger partial charge is 0.366 e. The van der Waals surface area contributed by atoms with E-state index in [0.717, 1.165) is 6.07 Å². The van der Waals surface area contributed by atoms with E-state index in [2.05, 4.69) is 5.32 Å². The minimum absolute atomic E-state index is 0.0558. The lowest BCUT2D eigenvalue weighted by atomic mass is 10.0. The van der Waals surface area contributed by atoms with Gasteiger partial charge in [0.25, 0.3) is 5.91 Å². The summed E-state index contributed by atoms with van der Waals surface area (Å²) in [5.41, 5.74) is 3.16. The predicted octanol–water partition coefficient (Wildman–Crippen LogP) is 2.93. The molecule has 0 heterocycles. The van der Waals surface area contributed by atoms with Crippen LogP contribution >= 0.6 is 0 Å². The monoisotopic (exact) mass is 333 g/mol. The molecule has 122 valence electrons. The van der Waals surface area contributed by atoms with E-state index in [9.17, 15) is 22.8 Å². The molecule has 3 N–H and O–H groups in total. The lowest BCUT2D eigenvalue weighted by molar-refractivity contribution is -0.137. The molecule has 2 aromatic carbocycles. The van der Waals surface area contributed by atoms with E-state index in [1.54, 1.807) is 0 Å². The standard InChI is InChI=1S/C16H10F3N3O2/c17-16(18,19)13-7-10(6-5-9(13)8-20)22-15(24)12-4-2-1-3-11(12)14(21)23/h1-7H,(H2,21,23)(H,22,24). The maximum Gasteiger partial charge on any atom is 0.417 e. The second-order valence-electron chi connectivity index (χ2n) is 4.73. The zero-order valence-electron chi connectivity index (χ0n) is 12.0. The summed E-state index contributed by atoms with van der Waals surface area (Å²) < 4.78 is 38.8. The number of anilines is 1. The normalized spacial score (nSPS) is 10.8. The molecular formula is C16H10F3N3O2. The van der Waals surface area contributed by atoms with E-state index in [1.165, 1.54) is 36.4 Å². The van der Waals surface area contributed by atoms with Crippen LogP contribution in [0.3, 0.4) is 0 Å². The van der Waals surface area contributed by atoms with E-state index in [4.69, 9.17) is 11.0 Å². The van der Waals surface area contributed by atoms with Gasteiger partial charge in [-0.05, 0) is 30.3 Å². The van der Waals surface area contributed by atoms with E-state index in [1.807, 2.05) is 0 Å². The largest absolute Gasteiger partial charge is 0.417 e. The fraction of sp³-hybridized carbons (Fsp3) is 0.0625. The third-order valence-electron chi connectivity index (χ3n) is 3.14. The van der Waals surface area contributed by atoms with Gasteiger partial charge in [-0.1, -0.05) is 12.1 Å². The minimum Gasteiger partial charge on any atom is -0.366 e. The van der Waals surface area contributed by atoms with Gasteiger partial charge in [0.05, 0.1) is 28.3 Å². The Hall–Kier alpha value is -3.34. The lowest BCUT2D eigenvalue weighted by Crippen LogP contribution is -2.20. The molecule has 2 aromatic rings. The Bertz CT molecular complexity index is 854. The second kappa shape index (κ2) is 6.42. The molecule has 0 bridgehead atoms. The van der Waals surface area contributed by atoms with E-state index < -0.39 is 29.1 Å². The number of carbonyl (C=O) groups excluding carboxylic acids is 2. The minimum atomic E-state index is -4.74. The Kier molecular flexibility index (Phi) is 4.55. The van der Waals surface area contributed by atoms with Crippen LogP contribution in [0.2, 0.25) is 0 Å². The third kappa shape index (κ3) is 3.52. The predicted molar refractivity (Wildman–Crippen MR) is 79.1 cm³/mol. The number of rotatable bonds is 3. The summed E-state index contributed by atoms with van der Waals surface area (Å²) in [5.74, 6) is -1.63. The Labute approximate surface area is 134 Å². The van der Waals surface area contributed by atoms with Gasteiger partial charge in [-0.2, -0.15) is 18.4 Å². The van der Waals surface area contributed by atoms with Crippen LogP contribution in [0, 0.1) is 11.3 Å². The average molecular weight is 333 g/mol. The molecule has 0 saturated carbocycles. The number of hydrogen-bond acceptors (Lipinski definition) is 3. The summed E-state index contributed by atoms with van der Waals surface area (Å²) in [6, 6.07) is 9.86. The number of primary amides is 1. The summed E-state index contributed by atoms with van der Waals surface area (Å²) in [4.78, 5) is 23.5. The van der Waals surface area contributed by atoms with Gasteiger partial charge >= 0.3 is 6.18 Å². The number of carbonyl (C=O) groups is 2. The van der Waals surface area contributed by atoms with Crippen LogP contribution in [0.15, 0.2) is 42.5 Å². The maximum atomic E-state index is 12.9. The molecule has 0 aliphatic carbocycles. The molecule has 2 rings (SSSR count). The first-order valence-corrected chi connectivity index (χ1v) is 6.55.